The van der Waals surface area contributed by atoms with Gasteiger partial charge >= 0.3 is 0 Å². The number of rotatable bonds is 1. The van der Waals surface area contributed by atoms with Crippen LogP contribution in [0.2, 0.25) is 0 Å². The summed E-state index contributed by atoms with van der Waals surface area (Å²) in [6.45, 7) is 10.6. The van der Waals surface area contributed by atoms with Crippen LogP contribution in [-0.4, -0.2) is 0 Å². The van der Waals surface area contributed by atoms with Crippen LogP contribution in [0.5, 0.6) is 0 Å². The second-order valence-electron chi connectivity index (χ2n) is 2.86. The van der Waals surface area contributed by atoms with E-state index in [0.717, 1.165) is 5.92 Å². The summed E-state index contributed by atoms with van der Waals surface area (Å²) in [5.41, 5.74) is 0. The third-order valence-corrected chi connectivity index (χ3v) is 1.17. The lowest BCUT2D eigenvalue weighted by Crippen LogP contribution is -1.77. The van der Waals surface area contributed by atoms with E-state index in [1.54, 1.807) is 0 Å². The average molecular weight is 144 g/mol. The lowest BCUT2D eigenvalue weighted by molar-refractivity contribution is 0.626. The van der Waals surface area contributed by atoms with Gasteiger partial charge in [-0.05, 0) is 5.92 Å². The SMILES string of the molecule is C1CC1.CC.CCC(C)C. The summed E-state index contributed by atoms with van der Waals surface area (Å²) in [6, 6.07) is 0. The van der Waals surface area contributed by atoms with Crippen LogP contribution in [0.1, 0.15) is 60.3 Å². The smallest absolute Gasteiger partial charge is 0.0474 e. The summed E-state index contributed by atoms with van der Waals surface area (Å²) in [5, 5.41) is 0. The van der Waals surface area contributed by atoms with Gasteiger partial charge in [-0.25, -0.2) is 0 Å². The molecule has 0 bridgehead atoms. The molecule has 0 heteroatoms. The van der Waals surface area contributed by atoms with E-state index in [9.17, 15) is 0 Å². The highest BCUT2D eigenvalue weighted by Gasteiger charge is 1.95. The Kier molecular flexibility index (Phi) is 14.9. The lowest BCUT2D eigenvalue weighted by Gasteiger charge is -1.90. The molecule has 0 aromatic carbocycles. The van der Waals surface area contributed by atoms with Crippen LogP contribution in [0.25, 0.3) is 0 Å². The van der Waals surface area contributed by atoms with Gasteiger partial charge in [-0.15, -0.1) is 0 Å². The Labute approximate surface area is 67.0 Å². The molecule has 0 radical (unpaired) electrons. The second-order valence-corrected chi connectivity index (χ2v) is 2.86. The first-order valence-corrected chi connectivity index (χ1v) is 4.77. The summed E-state index contributed by atoms with van der Waals surface area (Å²) in [4.78, 5) is 0. The van der Waals surface area contributed by atoms with E-state index < -0.39 is 0 Å². The van der Waals surface area contributed by atoms with Crippen molar-refractivity contribution in [3.05, 3.63) is 0 Å². The number of hydrogen-bond acceptors (Lipinski definition) is 0. The van der Waals surface area contributed by atoms with Crippen molar-refractivity contribution in [2.45, 2.75) is 60.3 Å². The van der Waals surface area contributed by atoms with Gasteiger partial charge in [-0.3, -0.25) is 0 Å². The van der Waals surface area contributed by atoms with Gasteiger partial charge in [-0.2, -0.15) is 0 Å². The van der Waals surface area contributed by atoms with Crippen LogP contribution >= 0.6 is 0 Å². The minimum absolute atomic E-state index is 0.884. The fourth-order valence-electron chi connectivity index (χ4n) is 0. The van der Waals surface area contributed by atoms with Gasteiger partial charge in [-0.1, -0.05) is 60.3 Å². The molecule has 0 heterocycles. The summed E-state index contributed by atoms with van der Waals surface area (Å²) < 4.78 is 0. The minimum Gasteiger partial charge on any atom is -0.0683 e. The zero-order chi connectivity index (χ0) is 8.41. The molecule has 0 saturated heterocycles. The monoisotopic (exact) mass is 144 g/mol. The highest BCUT2D eigenvalue weighted by Crippen LogP contribution is 2.14. The van der Waals surface area contributed by atoms with Gasteiger partial charge in [0, 0.05) is 0 Å². The first kappa shape index (κ1) is 12.7. The van der Waals surface area contributed by atoms with Gasteiger partial charge in [0.15, 0.2) is 0 Å². The van der Waals surface area contributed by atoms with Crippen molar-refractivity contribution in [3.63, 3.8) is 0 Å². The Hall–Kier alpha value is 0. The quantitative estimate of drug-likeness (QED) is 0.516. The molecule has 0 aliphatic heterocycles. The van der Waals surface area contributed by atoms with E-state index in [-0.39, 0.29) is 0 Å². The molecule has 0 amide bonds. The molecule has 1 saturated carbocycles. The normalized spacial score (nSPS) is 12.6. The topological polar surface area (TPSA) is 0 Å². The largest absolute Gasteiger partial charge is 0.0683 e. The Morgan fingerprint density at radius 2 is 1.20 bits per heavy atom. The van der Waals surface area contributed by atoms with Crippen molar-refractivity contribution < 1.29 is 0 Å². The molecular weight excluding hydrogens is 120 g/mol. The highest BCUT2D eigenvalue weighted by atomic mass is 14.0. The third kappa shape index (κ3) is 43.6. The van der Waals surface area contributed by atoms with Crippen molar-refractivity contribution in [1.82, 2.24) is 0 Å². The van der Waals surface area contributed by atoms with Gasteiger partial charge in [0.2, 0.25) is 0 Å². The van der Waals surface area contributed by atoms with Crippen molar-refractivity contribution in [3.8, 4) is 0 Å². The molecule has 1 aliphatic rings. The van der Waals surface area contributed by atoms with Crippen LogP contribution in [0, 0.1) is 5.92 Å². The second kappa shape index (κ2) is 11.8. The fourth-order valence-corrected chi connectivity index (χ4v) is 0. The minimum atomic E-state index is 0.884. The predicted molar refractivity (Wildman–Crippen MR) is 50.3 cm³/mol. The highest BCUT2D eigenvalue weighted by molar-refractivity contribution is 4.50. The summed E-state index contributed by atoms with van der Waals surface area (Å²) in [6.07, 6.45) is 5.81. The summed E-state index contributed by atoms with van der Waals surface area (Å²) >= 11 is 0. The lowest BCUT2D eigenvalue weighted by atomic mass is 10.2. The molecule has 1 rings (SSSR count). The van der Waals surface area contributed by atoms with Gasteiger partial charge in [0.05, 0.1) is 0 Å². The van der Waals surface area contributed by atoms with Crippen molar-refractivity contribution in [1.29, 1.82) is 0 Å². The molecular formula is C10H24. The molecule has 0 atom stereocenters. The fraction of sp³-hybridized carbons (Fsp3) is 1.00. The van der Waals surface area contributed by atoms with Crippen LogP contribution in [0.15, 0.2) is 0 Å². The van der Waals surface area contributed by atoms with Gasteiger partial charge in [0.25, 0.3) is 0 Å². The van der Waals surface area contributed by atoms with Crippen LogP contribution in [-0.2, 0) is 0 Å². The molecule has 0 unspecified atom stereocenters. The van der Waals surface area contributed by atoms with Crippen LogP contribution in [0.4, 0.5) is 0 Å². The van der Waals surface area contributed by atoms with Crippen molar-refractivity contribution in [2.24, 2.45) is 5.92 Å². The standard InChI is InChI=1S/C5H12.C3H6.C2H6/c1-4-5(2)3;1-2-3-1;1-2/h5H,4H2,1-3H3;1-3H2;1-2H3. The maximum Gasteiger partial charge on any atom is -0.0474 e. The van der Waals surface area contributed by atoms with E-state index in [1.165, 1.54) is 25.7 Å². The van der Waals surface area contributed by atoms with E-state index >= 15 is 0 Å². The van der Waals surface area contributed by atoms with Crippen molar-refractivity contribution >= 4 is 0 Å². The Morgan fingerprint density at radius 1 is 1.00 bits per heavy atom. The maximum atomic E-state index is 2.22. The van der Waals surface area contributed by atoms with Crippen LogP contribution < -0.4 is 0 Å². The zero-order valence-corrected chi connectivity index (χ0v) is 8.41. The Balaban J connectivity index is 0. The van der Waals surface area contributed by atoms with Crippen molar-refractivity contribution in [2.75, 3.05) is 0 Å². The van der Waals surface area contributed by atoms with E-state index in [1.807, 2.05) is 13.8 Å². The Bertz CT molecular complexity index is 32.5. The van der Waals surface area contributed by atoms with Gasteiger partial charge < -0.3 is 0 Å². The average Bonchev–Trinajstić information content (AvgIpc) is 2.77. The molecule has 0 nitrogen and oxygen atoms in total. The molecule has 0 aromatic rings. The summed E-state index contributed by atoms with van der Waals surface area (Å²) in [7, 11) is 0. The van der Waals surface area contributed by atoms with Gasteiger partial charge in [0.1, 0.15) is 0 Å². The van der Waals surface area contributed by atoms with Crippen LogP contribution in [0.3, 0.4) is 0 Å². The Morgan fingerprint density at radius 3 is 1.20 bits per heavy atom. The molecule has 1 aliphatic carbocycles. The summed E-state index contributed by atoms with van der Waals surface area (Å²) in [5.74, 6) is 0.884. The molecule has 0 aromatic heterocycles. The third-order valence-electron chi connectivity index (χ3n) is 1.17. The predicted octanol–water partition coefficient (Wildman–Crippen LogP) is 4.25. The maximum absolute atomic E-state index is 2.22. The van der Waals surface area contributed by atoms with E-state index in [0.29, 0.717) is 0 Å². The molecule has 64 valence electrons. The number of hydrogen-bond donors (Lipinski definition) is 0. The first-order chi connectivity index (χ1) is 4.77. The molecule has 0 N–H and O–H groups in total. The first-order valence-electron chi connectivity index (χ1n) is 4.77. The molecule has 10 heavy (non-hydrogen) atoms. The molecule has 1 fully saturated rings. The molecule has 0 spiro atoms. The van der Waals surface area contributed by atoms with E-state index in [4.69, 9.17) is 0 Å². The van der Waals surface area contributed by atoms with E-state index in [2.05, 4.69) is 20.8 Å². The zero-order valence-electron chi connectivity index (χ0n) is 8.41.